The van der Waals surface area contributed by atoms with Gasteiger partial charge in [-0.3, -0.25) is 0 Å². The first kappa shape index (κ1) is 19.6. The smallest absolute Gasteiger partial charge is 0.345 e. The average Bonchev–Trinajstić information content (AvgIpc) is 3.15. The number of aromatic nitrogens is 2. The van der Waals surface area contributed by atoms with Gasteiger partial charge in [-0.15, -0.1) is 0 Å². The fraction of sp³-hybridized carbons (Fsp3) is 0.476. The minimum absolute atomic E-state index is 0.0179. The molecule has 0 aliphatic heterocycles. The Morgan fingerprint density at radius 3 is 2.44 bits per heavy atom. The van der Waals surface area contributed by atoms with Crippen LogP contribution in [-0.2, 0) is 4.74 Å². The predicted molar refractivity (Wildman–Crippen MR) is 105 cm³/mol. The van der Waals surface area contributed by atoms with E-state index < -0.39 is 5.97 Å². The number of benzene rings is 1. The highest BCUT2D eigenvalue weighted by molar-refractivity contribution is 6.30. The fourth-order valence-corrected chi connectivity index (χ4v) is 3.37. The largest absolute Gasteiger partial charge is 0.474 e. The van der Waals surface area contributed by atoms with Gasteiger partial charge in [-0.1, -0.05) is 25.4 Å². The molecule has 5 nitrogen and oxygen atoms in total. The summed E-state index contributed by atoms with van der Waals surface area (Å²) in [6.07, 6.45) is 4.28. The molecule has 6 heteroatoms. The van der Waals surface area contributed by atoms with Crippen LogP contribution in [0.4, 0.5) is 0 Å². The van der Waals surface area contributed by atoms with Gasteiger partial charge in [0, 0.05) is 10.6 Å². The predicted octanol–water partition coefficient (Wildman–Crippen LogP) is 5.42. The molecule has 1 heterocycles. The molecule has 1 aromatic carbocycles. The molecule has 0 atom stereocenters. The summed E-state index contributed by atoms with van der Waals surface area (Å²) in [7, 11) is 0. The summed E-state index contributed by atoms with van der Waals surface area (Å²) < 4.78 is 11.4. The molecule has 0 saturated heterocycles. The van der Waals surface area contributed by atoms with Crippen molar-refractivity contribution in [2.75, 3.05) is 6.61 Å². The number of carbonyl (C=O) groups is 1. The number of halogens is 1. The van der Waals surface area contributed by atoms with Gasteiger partial charge < -0.3 is 9.47 Å². The highest BCUT2D eigenvalue weighted by Crippen LogP contribution is 2.32. The van der Waals surface area contributed by atoms with Crippen molar-refractivity contribution in [3.63, 3.8) is 0 Å². The summed E-state index contributed by atoms with van der Waals surface area (Å²) in [5.41, 5.74) is 1.81. The van der Waals surface area contributed by atoms with Crippen LogP contribution in [-0.4, -0.2) is 28.6 Å². The van der Waals surface area contributed by atoms with Crippen molar-refractivity contribution >= 4 is 17.6 Å². The zero-order valence-electron chi connectivity index (χ0n) is 16.0. The van der Waals surface area contributed by atoms with E-state index in [4.69, 9.17) is 21.1 Å². The number of hydrogen-bond donors (Lipinski definition) is 0. The molecule has 1 fully saturated rings. The quantitative estimate of drug-likeness (QED) is 0.618. The van der Waals surface area contributed by atoms with Crippen LogP contribution < -0.4 is 4.74 Å². The molecule has 0 amide bonds. The lowest BCUT2D eigenvalue weighted by Gasteiger charge is -2.19. The normalized spacial score (nSPS) is 14.6. The van der Waals surface area contributed by atoms with Crippen molar-refractivity contribution in [3.8, 4) is 17.3 Å². The highest BCUT2D eigenvalue weighted by atomic mass is 35.5. The van der Waals surface area contributed by atoms with Gasteiger partial charge >= 0.3 is 5.97 Å². The monoisotopic (exact) mass is 388 g/mol. The van der Waals surface area contributed by atoms with Gasteiger partial charge in [0.15, 0.2) is 5.82 Å². The zero-order chi connectivity index (χ0) is 19.4. The third-order valence-corrected chi connectivity index (χ3v) is 4.87. The van der Waals surface area contributed by atoms with Gasteiger partial charge in [-0.2, -0.15) is 4.98 Å². The minimum Gasteiger partial charge on any atom is -0.474 e. The van der Waals surface area contributed by atoms with Gasteiger partial charge in [0.2, 0.25) is 5.88 Å². The van der Waals surface area contributed by atoms with Crippen LogP contribution in [0.5, 0.6) is 5.88 Å². The standard InChI is InChI=1S/C21H25ClN2O3/c1-4-26-21(25)17-18(13(2)3)23-19(14-9-11-15(22)12-10-14)24-20(17)27-16-7-5-6-8-16/h9-13,16H,4-8H2,1-3H3. The fourth-order valence-electron chi connectivity index (χ4n) is 3.25. The van der Waals surface area contributed by atoms with Crippen molar-refractivity contribution in [1.29, 1.82) is 0 Å². The molecular formula is C21H25ClN2O3. The second kappa shape index (κ2) is 8.70. The molecule has 1 aromatic heterocycles. The maximum Gasteiger partial charge on any atom is 0.345 e. The summed E-state index contributed by atoms with van der Waals surface area (Å²) in [5, 5.41) is 0.647. The second-order valence-electron chi connectivity index (χ2n) is 7.02. The Bertz CT molecular complexity index is 800. The van der Waals surface area contributed by atoms with Crippen molar-refractivity contribution in [2.45, 2.75) is 58.5 Å². The lowest BCUT2D eigenvalue weighted by atomic mass is 10.0. The lowest BCUT2D eigenvalue weighted by molar-refractivity contribution is 0.0514. The minimum atomic E-state index is -0.433. The Labute approximate surface area is 165 Å². The molecule has 0 bridgehead atoms. The summed E-state index contributed by atoms with van der Waals surface area (Å²) in [6.45, 7) is 6.07. The molecule has 144 valence electrons. The average molecular weight is 389 g/mol. The Kier molecular flexibility index (Phi) is 6.32. The molecule has 27 heavy (non-hydrogen) atoms. The van der Waals surface area contributed by atoms with Crippen LogP contribution in [0.2, 0.25) is 5.02 Å². The molecule has 0 radical (unpaired) electrons. The Hall–Kier alpha value is -2.14. The molecule has 0 N–H and O–H groups in total. The third-order valence-electron chi connectivity index (χ3n) is 4.61. The first-order chi connectivity index (χ1) is 13.0. The van der Waals surface area contributed by atoms with Gasteiger partial charge in [0.1, 0.15) is 11.7 Å². The van der Waals surface area contributed by atoms with Crippen molar-refractivity contribution in [1.82, 2.24) is 9.97 Å². The van der Waals surface area contributed by atoms with E-state index >= 15 is 0 Å². The van der Waals surface area contributed by atoms with E-state index in [0.29, 0.717) is 28.0 Å². The zero-order valence-corrected chi connectivity index (χ0v) is 16.8. The first-order valence-corrected chi connectivity index (χ1v) is 9.89. The maximum atomic E-state index is 12.7. The molecular weight excluding hydrogens is 364 g/mol. The van der Waals surface area contributed by atoms with Crippen LogP contribution >= 0.6 is 11.6 Å². The summed E-state index contributed by atoms with van der Waals surface area (Å²) in [4.78, 5) is 21.9. The van der Waals surface area contributed by atoms with E-state index in [-0.39, 0.29) is 18.6 Å². The van der Waals surface area contributed by atoms with Gasteiger partial charge in [-0.05, 0) is 62.8 Å². The number of hydrogen-bond acceptors (Lipinski definition) is 5. The lowest BCUT2D eigenvalue weighted by Crippen LogP contribution is -2.19. The summed E-state index contributed by atoms with van der Waals surface area (Å²) in [5.74, 6) is 0.432. The van der Waals surface area contributed by atoms with E-state index in [9.17, 15) is 4.79 Å². The molecule has 0 spiro atoms. The number of ether oxygens (including phenoxy) is 2. The number of esters is 1. The van der Waals surface area contributed by atoms with Crippen LogP contribution in [0, 0.1) is 0 Å². The van der Waals surface area contributed by atoms with E-state index in [0.717, 1.165) is 31.2 Å². The number of nitrogens with zero attached hydrogens (tertiary/aromatic N) is 2. The van der Waals surface area contributed by atoms with Crippen LogP contribution in [0.1, 0.15) is 68.4 Å². The van der Waals surface area contributed by atoms with E-state index in [1.165, 1.54) is 0 Å². The summed E-state index contributed by atoms with van der Waals surface area (Å²) in [6, 6.07) is 7.33. The van der Waals surface area contributed by atoms with Crippen molar-refractivity contribution < 1.29 is 14.3 Å². The second-order valence-corrected chi connectivity index (χ2v) is 7.46. The number of carbonyl (C=O) groups excluding carboxylic acids is 1. The van der Waals surface area contributed by atoms with Gasteiger partial charge in [-0.25, -0.2) is 9.78 Å². The van der Waals surface area contributed by atoms with Crippen molar-refractivity contribution in [3.05, 3.63) is 40.5 Å². The van der Waals surface area contributed by atoms with Crippen LogP contribution in [0.15, 0.2) is 24.3 Å². The third kappa shape index (κ3) is 4.59. The Morgan fingerprint density at radius 1 is 1.19 bits per heavy atom. The van der Waals surface area contributed by atoms with E-state index in [1.54, 1.807) is 19.1 Å². The highest BCUT2D eigenvalue weighted by Gasteiger charge is 2.28. The van der Waals surface area contributed by atoms with Gasteiger partial charge in [0.25, 0.3) is 0 Å². The Morgan fingerprint density at radius 2 is 1.85 bits per heavy atom. The number of rotatable bonds is 6. The Balaban J connectivity index is 2.11. The molecule has 3 rings (SSSR count). The molecule has 0 unspecified atom stereocenters. The molecule has 1 aliphatic rings. The van der Waals surface area contributed by atoms with Crippen LogP contribution in [0.3, 0.4) is 0 Å². The van der Waals surface area contributed by atoms with E-state index in [2.05, 4.69) is 9.97 Å². The maximum absolute atomic E-state index is 12.7. The van der Waals surface area contributed by atoms with E-state index in [1.807, 2.05) is 26.0 Å². The molecule has 2 aromatic rings. The SMILES string of the molecule is CCOC(=O)c1c(OC2CCCC2)nc(-c2ccc(Cl)cc2)nc1C(C)C. The summed E-state index contributed by atoms with van der Waals surface area (Å²) >= 11 is 6.00. The molecule has 1 aliphatic carbocycles. The molecule has 1 saturated carbocycles. The topological polar surface area (TPSA) is 61.3 Å². The first-order valence-electron chi connectivity index (χ1n) is 9.51. The van der Waals surface area contributed by atoms with Crippen molar-refractivity contribution in [2.24, 2.45) is 0 Å². The van der Waals surface area contributed by atoms with Gasteiger partial charge in [0.05, 0.1) is 12.3 Å². The van der Waals surface area contributed by atoms with Crippen LogP contribution in [0.25, 0.3) is 11.4 Å².